The summed E-state index contributed by atoms with van der Waals surface area (Å²) in [5, 5.41) is 16.7. The number of rotatable bonds is 8. The van der Waals surface area contributed by atoms with Crippen molar-refractivity contribution in [2.45, 2.75) is 31.9 Å². The van der Waals surface area contributed by atoms with E-state index in [4.69, 9.17) is 20.3 Å². The Hall–Kier alpha value is -4.84. The van der Waals surface area contributed by atoms with Gasteiger partial charge >= 0.3 is 12.3 Å². The van der Waals surface area contributed by atoms with Crippen LogP contribution in [0, 0.1) is 0 Å². The van der Waals surface area contributed by atoms with Crippen LogP contribution in [0.1, 0.15) is 23.7 Å². The summed E-state index contributed by atoms with van der Waals surface area (Å²) in [5.41, 5.74) is 9.06. The van der Waals surface area contributed by atoms with Crippen molar-refractivity contribution in [3.05, 3.63) is 78.1 Å². The molecule has 3 aromatic carbocycles. The second-order valence-corrected chi connectivity index (χ2v) is 9.91. The molecule has 1 atom stereocenters. The van der Waals surface area contributed by atoms with Crippen molar-refractivity contribution in [3.63, 3.8) is 0 Å². The number of aromatic nitrogens is 3. The number of nitrogens with two attached hydrogens (primary N) is 1. The number of carboxylic acids is 1. The van der Waals surface area contributed by atoms with Crippen LogP contribution >= 0.6 is 0 Å². The Morgan fingerprint density at radius 3 is 2.57 bits per heavy atom. The number of alkyl halides is 3. The summed E-state index contributed by atoms with van der Waals surface area (Å²) in [6.07, 6.45) is -3.29. The third-order valence-corrected chi connectivity index (χ3v) is 7.17. The number of carbonyl (C=O) groups is 1. The largest absolute Gasteiger partial charge is 0.573 e. The second kappa shape index (κ2) is 10.9. The van der Waals surface area contributed by atoms with E-state index in [0.29, 0.717) is 24.7 Å². The van der Waals surface area contributed by atoms with Gasteiger partial charge in [-0.3, -0.25) is 9.48 Å². The number of benzene rings is 3. The lowest BCUT2D eigenvalue weighted by molar-refractivity contribution is -0.275. The van der Waals surface area contributed by atoms with Gasteiger partial charge in [-0.2, -0.15) is 5.10 Å². The normalized spacial score (nSPS) is 15.4. The Bertz CT molecular complexity index is 1800. The van der Waals surface area contributed by atoms with E-state index in [0.717, 1.165) is 45.3 Å². The van der Waals surface area contributed by atoms with Crippen LogP contribution in [0.4, 0.5) is 19.0 Å². The van der Waals surface area contributed by atoms with Gasteiger partial charge in [0.2, 0.25) is 0 Å². The van der Waals surface area contributed by atoms with Gasteiger partial charge in [-0.25, -0.2) is 4.98 Å². The number of anilines is 1. The molecule has 1 aliphatic rings. The van der Waals surface area contributed by atoms with Crippen LogP contribution in [-0.4, -0.2) is 45.4 Å². The number of hydrogen-bond donors (Lipinski definition) is 2. The van der Waals surface area contributed by atoms with Gasteiger partial charge in [0.1, 0.15) is 29.6 Å². The van der Waals surface area contributed by atoms with Crippen LogP contribution in [0.3, 0.4) is 0 Å². The molecule has 0 saturated carbocycles. The Morgan fingerprint density at radius 2 is 1.83 bits per heavy atom. The first-order valence-electron chi connectivity index (χ1n) is 13.1. The highest BCUT2D eigenvalue weighted by atomic mass is 19.4. The zero-order valence-corrected chi connectivity index (χ0v) is 22.1. The maximum absolute atomic E-state index is 13.0. The highest BCUT2D eigenvalue weighted by Crippen LogP contribution is 2.36. The van der Waals surface area contributed by atoms with E-state index < -0.39 is 24.5 Å². The molecule has 12 heteroatoms. The molecule has 1 unspecified atom stereocenters. The maximum atomic E-state index is 13.0. The molecular formula is C30H25F3N4O5. The van der Waals surface area contributed by atoms with Crippen molar-refractivity contribution in [1.29, 1.82) is 0 Å². The van der Waals surface area contributed by atoms with Crippen molar-refractivity contribution in [2.24, 2.45) is 0 Å². The molecule has 216 valence electrons. The number of halogens is 3. The molecular weight excluding hydrogens is 553 g/mol. The standard InChI is InChI=1S/C30H25F3N4O5/c31-30(32,33)42-27-3-1-2-26(23(27)14-28(38)39)41-16-24-22-13-19(6-7-25(22)37(36-24)20-9-11-40-15-20)18-5-4-17-8-10-35-29(34)21(17)12-18/h1-8,10,12-13,20H,9,11,14-16H2,(H2,34,35)(H,38,39). The zero-order chi connectivity index (χ0) is 29.4. The number of hydrogen-bond acceptors (Lipinski definition) is 7. The predicted octanol–water partition coefficient (Wildman–Crippen LogP) is 5.90. The molecule has 1 aliphatic heterocycles. The summed E-state index contributed by atoms with van der Waals surface area (Å²) < 4.78 is 56.5. The molecule has 1 fully saturated rings. The highest BCUT2D eigenvalue weighted by Gasteiger charge is 2.33. The molecule has 9 nitrogen and oxygen atoms in total. The van der Waals surface area contributed by atoms with E-state index in [9.17, 15) is 23.1 Å². The molecule has 42 heavy (non-hydrogen) atoms. The molecule has 3 heterocycles. The molecule has 1 saturated heterocycles. The van der Waals surface area contributed by atoms with E-state index in [-0.39, 0.29) is 24.0 Å². The predicted molar refractivity (Wildman–Crippen MR) is 148 cm³/mol. The van der Waals surface area contributed by atoms with E-state index in [1.165, 1.54) is 12.1 Å². The number of carboxylic acid groups (broad SMARTS) is 1. The van der Waals surface area contributed by atoms with Crippen LogP contribution < -0.4 is 15.2 Å². The average molecular weight is 579 g/mol. The SMILES string of the molecule is Nc1nccc2ccc(-c3ccc4c(c3)c(COc3cccc(OC(F)(F)F)c3CC(=O)O)nn4C3CCOC3)cc12. The van der Waals surface area contributed by atoms with Crippen LogP contribution in [-0.2, 0) is 22.6 Å². The number of fused-ring (bicyclic) bond motifs is 2. The molecule has 5 aromatic rings. The maximum Gasteiger partial charge on any atom is 0.573 e. The Labute approximate surface area is 237 Å². The number of pyridine rings is 1. The lowest BCUT2D eigenvalue weighted by Gasteiger charge is -2.16. The Morgan fingerprint density at radius 1 is 1.07 bits per heavy atom. The van der Waals surface area contributed by atoms with Crippen LogP contribution in [0.25, 0.3) is 32.8 Å². The Kier molecular flexibility index (Phi) is 7.07. The fraction of sp³-hybridized carbons (Fsp3) is 0.233. The van der Waals surface area contributed by atoms with Gasteiger partial charge in [-0.1, -0.05) is 24.3 Å². The third-order valence-electron chi connectivity index (χ3n) is 7.17. The highest BCUT2D eigenvalue weighted by molar-refractivity contribution is 5.95. The molecule has 0 bridgehead atoms. The van der Waals surface area contributed by atoms with Gasteiger partial charge in [-0.15, -0.1) is 13.2 Å². The van der Waals surface area contributed by atoms with E-state index in [2.05, 4.69) is 9.72 Å². The van der Waals surface area contributed by atoms with Gasteiger partial charge in [-0.05, 0) is 59.3 Å². The van der Waals surface area contributed by atoms with Crippen molar-refractivity contribution in [3.8, 4) is 22.6 Å². The van der Waals surface area contributed by atoms with Crippen LogP contribution in [0.15, 0.2) is 66.9 Å². The molecule has 3 N–H and O–H groups in total. The number of nitrogen functional groups attached to an aromatic ring is 1. The van der Waals surface area contributed by atoms with Gasteiger partial charge in [0.25, 0.3) is 0 Å². The monoisotopic (exact) mass is 578 g/mol. The summed E-state index contributed by atoms with van der Waals surface area (Å²) in [4.78, 5) is 15.7. The molecule has 0 aliphatic carbocycles. The van der Waals surface area contributed by atoms with Gasteiger partial charge < -0.3 is 25.1 Å². The zero-order valence-electron chi connectivity index (χ0n) is 22.1. The summed E-state index contributed by atoms with van der Waals surface area (Å²) in [5.74, 6) is -1.58. The third kappa shape index (κ3) is 5.53. The summed E-state index contributed by atoms with van der Waals surface area (Å²) >= 11 is 0. The van der Waals surface area contributed by atoms with Crippen molar-refractivity contribution < 1.29 is 37.3 Å². The van der Waals surface area contributed by atoms with Gasteiger partial charge in [0, 0.05) is 29.1 Å². The fourth-order valence-corrected chi connectivity index (χ4v) is 5.23. The Balaban J connectivity index is 1.39. The molecule has 6 rings (SSSR count). The van der Waals surface area contributed by atoms with Crippen LogP contribution in [0.5, 0.6) is 11.5 Å². The number of nitrogens with zero attached hydrogens (tertiary/aromatic N) is 3. The summed E-state index contributed by atoms with van der Waals surface area (Å²) in [6.45, 7) is 0.972. The van der Waals surface area contributed by atoms with Gasteiger partial charge in [0.05, 0.1) is 24.6 Å². The number of aliphatic carboxylic acids is 1. The molecule has 0 spiro atoms. The summed E-state index contributed by atoms with van der Waals surface area (Å²) in [6, 6.07) is 17.5. The second-order valence-electron chi connectivity index (χ2n) is 9.91. The minimum Gasteiger partial charge on any atom is -0.487 e. The van der Waals surface area contributed by atoms with Crippen molar-refractivity contribution in [1.82, 2.24) is 14.8 Å². The minimum absolute atomic E-state index is 0.00438. The number of ether oxygens (including phenoxy) is 3. The van der Waals surface area contributed by atoms with E-state index in [1.807, 2.05) is 47.1 Å². The van der Waals surface area contributed by atoms with Crippen LogP contribution in [0.2, 0.25) is 0 Å². The van der Waals surface area contributed by atoms with E-state index >= 15 is 0 Å². The summed E-state index contributed by atoms with van der Waals surface area (Å²) in [7, 11) is 0. The topological polar surface area (TPSA) is 122 Å². The average Bonchev–Trinajstić information content (AvgIpc) is 3.60. The lowest BCUT2D eigenvalue weighted by atomic mass is 10.00. The molecule has 0 amide bonds. The van der Waals surface area contributed by atoms with Crippen molar-refractivity contribution >= 4 is 33.5 Å². The first-order valence-corrected chi connectivity index (χ1v) is 13.1. The molecule has 2 aromatic heterocycles. The van der Waals surface area contributed by atoms with Gasteiger partial charge in [0.15, 0.2) is 0 Å². The first-order chi connectivity index (χ1) is 20.2. The van der Waals surface area contributed by atoms with Crippen molar-refractivity contribution in [2.75, 3.05) is 18.9 Å². The molecule has 0 radical (unpaired) electrons. The smallest absolute Gasteiger partial charge is 0.487 e. The lowest BCUT2D eigenvalue weighted by Crippen LogP contribution is -2.19. The fourth-order valence-electron chi connectivity index (χ4n) is 5.23. The quantitative estimate of drug-likeness (QED) is 0.234. The first kappa shape index (κ1) is 27.3. The van der Waals surface area contributed by atoms with E-state index in [1.54, 1.807) is 6.20 Å². The minimum atomic E-state index is -5.00.